The first-order valence-corrected chi connectivity index (χ1v) is 14.3. The summed E-state index contributed by atoms with van der Waals surface area (Å²) in [5.74, 6) is -4.18. The van der Waals surface area contributed by atoms with Crippen LogP contribution in [0.1, 0.15) is 67.0 Å². The van der Waals surface area contributed by atoms with Gasteiger partial charge in [0.05, 0.1) is 17.2 Å². The third kappa shape index (κ3) is 6.97. The molecule has 0 radical (unpaired) electrons. The molecule has 4 rings (SSSR count). The van der Waals surface area contributed by atoms with Crippen molar-refractivity contribution < 1.29 is 54.6 Å². The Hall–Kier alpha value is -4.17. The molecule has 0 spiro atoms. The second kappa shape index (κ2) is 12.2. The van der Waals surface area contributed by atoms with Crippen LogP contribution >= 0.6 is 0 Å². The number of aryl methyl sites for hydroxylation is 1. The minimum absolute atomic E-state index is 0.00844. The van der Waals surface area contributed by atoms with Crippen LogP contribution in [0.5, 0.6) is 0 Å². The SMILES string of the molecule is Cc1cc(F)ccc1C1CN(C(=O)CN2C(=O)OC(C)(C)C2=O)CC[C@@H]1C(=O)N(C)[C@@H](C)c1cc(C(F)(F)F)cc(C(F)(F)F)c1. The highest BCUT2D eigenvalue weighted by atomic mass is 19.4. The van der Waals surface area contributed by atoms with E-state index in [2.05, 4.69) is 0 Å². The number of likely N-dealkylation sites (tertiary alicyclic amines) is 1. The molecule has 8 nitrogen and oxygen atoms in total. The van der Waals surface area contributed by atoms with Crippen LogP contribution in [0.2, 0.25) is 0 Å². The Kier molecular flexibility index (Phi) is 9.21. The summed E-state index contributed by atoms with van der Waals surface area (Å²) in [5, 5.41) is 0. The molecule has 2 aromatic rings. The molecule has 2 heterocycles. The van der Waals surface area contributed by atoms with E-state index in [4.69, 9.17) is 4.74 Å². The van der Waals surface area contributed by atoms with Crippen molar-refractivity contribution in [2.45, 2.75) is 64.0 Å². The average Bonchev–Trinajstić information content (AvgIpc) is 3.15. The van der Waals surface area contributed by atoms with Crippen LogP contribution in [-0.2, 0) is 31.5 Å². The number of carbonyl (C=O) groups is 4. The van der Waals surface area contributed by atoms with Crippen LogP contribution in [0, 0.1) is 18.7 Å². The standard InChI is InChI=1S/C31H32F7N3O5/c1-16-10-21(32)6-7-22(16)24-14-40(25(42)15-41-27(44)29(3,4)46-28(41)45)9-8-23(24)26(43)39(5)17(2)18-11-19(30(33,34)35)13-20(12-18)31(36,37)38/h6-7,10-13,17,23-24H,8-9,14-15H2,1-5H3/t17-,23-,24?/m0/s1. The molecule has 250 valence electrons. The number of carbonyl (C=O) groups excluding carboxylic acids is 4. The maximum Gasteiger partial charge on any atom is 0.418 e. The largest absolute Gasteiger partial charge is 0.433 e. The summed E-state index contributed by atoms with van der Waals surface area (Å²) in [7, 11) is 1.26. The van der Waals surface area contributed by atoms with Gasteiger partial charge >= 0.3 is 18.4 Å². The number of amides is 4. The van der Waals surface area contributed by atoms with Crippen LogP contribution in [0.25, 0.3) is 0 Å². The molecule has 0 aliphatic carbocycles. The topological polar surface area (TPSA) is 87.2 Å². The second-order valence-corrected chi connectivity index (χ2v) is 12.1. The first-order chi connectivity index (χ1) is 21.1. The molecule has 4 amide bonds. The first kappa shape index (κ1) is 34.7. The number of nitrogens with zero attached hydrogens (tertiary/aromatic N) is 3. The molecule has 2 aliphatic rings. The fourth-order valence-corrected chi connectivity index (χ4v) is 5.84. The Balaban J connectivity index is 1.63. The van der Waals surface area contributed by atoms with Gasteiger partial charge in [0, 0.05) is 32.0 Å². The Labute approximate surface area is 260 Å². The zero-order valence-electron chi connectivity index (χ0n) is 25.6. The summed E-state index contributed by atoms with van der Waals surface area (Å²) >= 11 is 0. The number of benzene rings is 2. The third-order valence-corrected chi connectivity index (χ3v) is 8.55. The quantitative estimate of drug-likeness (QED) is 0.351. The van der Waals surface area contributed by atoms with Gasteiger partial charge in [0.1, 0.15) is 12.4 Å². The Morgan fingerprint density at radius 1 is 1.02 bits per heavy atom. The first-order valence-electron chi connectivity index (χ1n) is 14.3. The normalized spacial score (nSPS) is 20.9. The summed E-state index contributed by atoms with van der Waals surface area (Å²) in [6.45, 7) is 4.91. The summed E-state index contributed by atoms with van der Waals surface area (Å²) in [4.78, 5) is 55.1. The number of cyclic esters (lactones) is 1. The number of hydrogen-bond acceptors (Lipinski definition) is 5. The average molecular weight is 660 g/mol. The minimum atomic E-state index is -5.07. The van der Waals surface area contributed by atoms with Crippen LogP contribution in [-0.4, -0.2) is 70.8 Å². The Bertz CT molecular complexity index is 1520. The zero-order chi connectivity index (χ0) is 34.5. The van der Waals surface area contributed by atoms with Gasteiger partial charge in [0.2, 0.25) is 11.8 Å². The molecular weight excluding hydrogens is 627 g/mol. The molecule has 1 unspecified atom stereocenters. The number of imide groups is 1. The number of piperidine rings is 1. The van der Waals surface area contributed by atoms with Gasteiger partial charge in [-0.15, -0.1) is 0 Å². The fraction of sp³-hybridized carbons (Fsp3) is 0.484. The maximum atomic E-state index is 14.0. The summed E-state index contributed by atoms with van der Waals surface area (Å²) in [6, 6.07) is 3.76. The van der Waals surface area contributed by atoms with Gasteiger partial charge in [0.25, 0.3) is 5.91 Å². The predicted octanol–water partition coefficient (Wildman–Crippen LogP) is 6.08. The maximum absolute atomic E-state index is 14.0. The zero-order valence-corrected chi connectivity index (χ0v) is 25.6. The molecule has 0 N–H and O–H groups in total. The number of halogens is 7. The number of rotatable bonds is 6. The van der Waals surface area contributed by atoms with E-state index in [0.29, 0.717) is 28.2 Å². The van der Waals surface area contributed by atoms with Crippen LogP contribution < -0.4 is 0 Å². The van der Waals surface area contributed by atoms with Crippen molar-refractivity contribution in [3.8, 4) is 0 Å². The van der Waals surface area contributed by atoms with E-state index >= 15 is 0 Å². The van der Waals surface area contributed by atoms with E-state index in [0.717, 1.165) is 4.90 Å². The lowest BCUT2D eigenvalue weighted by Gasteiger charge is -2.41. The molecule has 2 aromatic carbocycles. The van der Waals surface area contributed by atoms with Crippen molar-refractivity contribution in [2.75, 3.05) is 26.7 Å². The molecule has 2 saturated heterocycles. The highest BCUT2D eigenvalue weighted by molar-refractivity contribution is 6.04. The third-order valence-electron chi connectivity index (χ3n) is 8.55. The van der Waals surface area contributed by atoms with Crippen molar-refractivity contribution >= 4 is 23.8 Å². The number of alkyl halides is 6. The van der Waals surface area contributed by atoms with Gasteiger partial charge < -0.3 is 14.5 Å². The van der Waals surface area contributed by atoms with Gasteiger partial charge in [-0.3, -0.25) is 14.4 Å². The monoisotopic (exact) mass is 659 g/mol. The predicted molar refractivity (Wildman–Crippen MR) is 148 cm³/mol. The summed E-state index contributed by atoms with van der Waals surface area (Å²) < 4.78 is 100. The molecule has 2 fully saturated rings. The molecule has 0 saturated carbocycles. The van der Waals surface area contributed by atoms with Gasteiger partial charge in [-0.1, -0.05) is 6.07 Å². The molecule has 0 bridgehead atoms. The van der Waals surface area contributed by atoms with Crippen molar-refractivity contribution in [1.29, 1.82) is 0 Å². The van der Waals surface area contributed by atoms with Crippen molar-refractivity contribution in [3.05, 3.63) is 70.0 Å². The lowest BCUT2D eigenvalue weighted by atomic mass is 9.78. The number of hydrogen-bond donors (Lipinski definition) is 0. The highest BCUT2D eigenvalue weighted by Gasteiger charge is 2.49. The van der Waals surface area contributed by atoms with Gasteiger partial charge in [-0.2, -0.15) is 26.3 Å². The highest BCUT2D eigenvalue weighted by Crippen LogP contribution is 2.40. The molecule has 15 heteroatoms. The molecule has 46 heavy (non-hydrogen) atoms. The van der Waals surface area contributed by atoms with Crippen molar-refractivity contribution in [2.24, 2.45) is 5.92 Å². The summed E-state index contributed by atoms with van der Waals surface area (Å²) in [6.07, 6.45) is -11.1. The van der Waals surface area contributed by atoms with E-state index in [1.165, 1.54) is 50.9 Å². The molecule has 3 atom stereocenters. The molecular formula is C31H32F7N3O5. The van der Waals surface area contributed by atoms with Crippen LogP contribution in [0.15, 0.2) is 36.4 Å². The van der Waals surface area contributed by atoms with Crippen molar-refractivity contribution in [1.82, 2.24) is 14.7 Å². The Morgan fingerprint density at radius 2 is 1.61 bits per heavy atom. The van der Waals surface area contributed by atoms with Crippen molar-refractivity contribution in [3.63, 3.8) is 0 Å². The van der Waals surface area contributed by atoms with E-state index in [9.17, 15) is 49.9 Å². The lowest BCUT2D eigenvalue weighted by molar-refractivity contribution is -0.144. The van der Waals surface area contributed by atoms with E-state index < -0.39 is 83.1 Å². The smallest absolute Gasteiger partial charge is 0.418 e. The molecule has 2 aliphatic heterocycles. The summed E-state index contributed by atoms with van der Waals surface area (Å²) in [5.41, 5.74) is -3.92. The van der Waals surface area contributed by atoms with Gasteiger partial charge in [-0.05, 0) is 81.1 Å². The van der Waals surface area contributed by atoms with Gasteiger partial charge in [-0.25, -0.2) is 14.1 Å². The second-order valence-electron chi connectivity index (χ2n) is 12.1. The van der Waals surface area contributed by atoms with Crippen LogP contribution in [0.4, 0.5) is 35.5 Å². The fourth-order valence-electron chi connectivity index (χ4n) is 5.84. The van der Waals surface area contributed by atoms with Gasteiger partial charge in [0.15, 0.2) is 5.60 Å². The number of ether oxygens (including phenoxy) is 1. The van der Waals surface area contributed by atoms with E-state index in [1.807, 2.05) is 0 Å². The Morgan fingerprint density at radius 3 is 2.11 bits per heavy atom. The lowest BCUT2D eigenvalue weighted by Crippen LogP contribution is -2.51. The van der Waals surface area contributed by atoms with E-state index in [1.54, 1.807) is 6.92 Å². The van der Waals surface area contributed by atoms with E-state index in [-0.39, 0.29) is 31.1 Å². The molecule has 0 aromatic heterocycles. The van der Waals surface area contributed by atoms with Crippen LogP contribution in [0.3, 0.4) is 0 Å². The minimum Gasteiger partial charge on any atom is -0.433 e.